The van der Waals surface area contributed by atoms with Crippen LogP contribution >= 0.6 is 0 Å². The molecule has 5 heterocycles. The number of para-hydroxylation sites is 1. The van der Waals surface area contributed by atoms with Gasteiger partial charge in [0.15, 0.2) is 17.2 Å². The molecule has 8 nitrogen and oxygen atoms in total. The van der Waals surface area contributed by atoms with Gasteiger partial charge in [0.2, 0.25) is 0 Å². The fourth-order valence-corrected chi connectivity index (χ4v) is 4.69. The minimum absolute atomic E-state index is 0.104. The molecule has 2 fully saturated rings. The fraction of sp³-hybridized carbons (Fsp3) is 0.370. The van der Waals surface area contributed by atoms with Crippen molar-refractivity contribution >= 4 is 33.6 Å². The summed E-state index contributed by atoms with van der Waals surface area (Å²) in [5.74, 6) is 2.58. The van der Waals surface area contributed by atoms with Crippen molar-refractivity contribution in [3.8, 4) is 12.3 Å². The van der Waals surface area contributed by atoms with Gasteiger partial charge >= 0.3 is 0 Å². The van der Waals surface area contributed by atoms with Gasteiger partial charge in [-0.1, -0.05) is 18.1 Å². The number of nitrogens with zero attached hydrogens (tertiary/aromatic N) is 4. The van der Waals surface area contributed by atoms with E-state index in [4.69, 9.17) is 15.6 Å². The smallest absolute Gasteiger partial charge is 0.297 e. The van der Waals surface area contributed by atoms with E-state index in [0.717, 1.165) is 37.9 Å². The van der Waals surface area contributed by atoms with Crippen molar-refractivity contribution in [1.29, 1.82) is 0 Å². The molecule has 37 heavy (non-hydrogen) atoms. The molecule has 1 aromatic carbocycles. The highest BCUT2D eigenvalue weighted by atomic mass is 19.3. The van der Waals surface area contributed by atoms with Crippen LogP contribution in [-0.4, -0.2) is 53.8 Å². The lowest BCUT2D eigenvalue weighted by Gasteiger charge is -2.34. The molecule has 0 aliphatic carbocycles. The highest BCUT2D eigenvalue weighted by Crippen LogP contribution is 2.35. The zero-order valence-corrected chi connectivity index (χ0v) is 20.4. The number of hydrogen-bond acceptors (Lipinski definition) is 7. The van der Waals surface area contributed by atoms with Gasteiger partial charge in [-0.25, -0.2) is 18.7 Å². The maximum absolute atomic E-state index is 13.1. The Morgan fingerprint density at radius 3 is 2.70 bits per heavy atom. The summed E-state index contributed by atoms with van der Waals surface area (Å²) >= 11 is 0. The van der Waals surface area contributed by atoms with Gasteiger partial charge in [-0.3, -0.25) is 4.79 Å². The number of terminal acetylenes is 1. The molecule has 2 aliphatic heterocycles. The predicted molar refractivity (Wildman–Crippen MR) is 138 cm³/mol. The summed E-state index contributed by atoms with van der Waals surface area (Å²) in [4.78, 5) is 26.5. The molecule has 192 valence electrons. The van der Waals surface area contributed by atoms with E-state index in [1.54, 1.807) is 12.3 Å². The first kappa shape index (κ1) is 24.7. The van der Waals surface area contributed by atoms with Gasteiger partial charge in [0.1, 0.15) is 16.8 Å². The van der Waals surface area contributed by atoms with Crippen LogP contribution in [0.2, 0.25) is 0 Å². The van der Waals surface area contributed by atoms with Crippen LogP contribution in [0.25, 0.3) is 22.1 Å². The Balaban J connectivity index is 0.000000158. The lowest BCUT2D eigenvalue weighted by Crippen LogP contribution is -2.45. The van der Waals surface area contributed by atoms with Gasteiger partial charge in [-0.05, 0) is 38.0 Å². The molecule has 6 rings (SSSR count). The number of nitrogens with one attached hydrogen (secondary N) is 1. The number of ether oxygens (including phenoxy) is 1. The second-order valence-corrected chi connectivity index (χ2v) is 9.04. The normalized spacial score (nSPS) is 17.8. The van der Waals surface area contributed by atoms with Crippen LogP contribution in [0.5, 0.6) is 0 Å². The summed E-state index contributed by atoms with van der Waals surface area (Å²) < 4.78 is 37.3. The third-order valence-electron chi connectivity index (χ3n) is 6.55. The predicted octanol–water partition coefficient (Wildman–Crippen LogP) is 4.50. The van der Waals surface area contributed by atoms with Gasteiger partial charge in [0, 0.05) is 42.8 Å². The standard InChI is InChI=1S/C15H13F2N3O.C12H14N2O2/c16-13(17)14-18-11-9-5-1-2-6-10(9)21-12(11)15(19-14)20-7-3-4-8-20;1-3-10-6-11(12(15)13-7-10)14-4-5-16-8-9(14)2/h1-2,5-6,13H,3-4,7-8H2;1,6-7,9H,4-5,8H2,2H3,(H,13,15). The third-order valence-corrected chi connectivity index (χ3v) is 6.55. The molecule has 0 spiro atoms. The Morgan fingerprint density at radius 1 is 1.19 bits per heavy atom. The summed E-state index contributed by atoms with van der Waals surface area (Å²) in [5, 5.41) is 0.747. The molecule has 1 atom stereocenters. The number of alkyl halides is 2. The minimum atomic E-state index is -2.69. The van der Waals surface area contributed by atoms with Crippen molar-refractivity contribution in [2.75, 3.05) is 42.6 Å². The van der Waals surface area contributed by atoms with E-state index in [9.17, 15) is 13.6 Å². The molecule has 0 radical (unpaired) electrons. The average Bonchev–Trinajstić information content (AvgIpc) is 3.58. The summed E-state index contributed by atoms with van der Waals surface area (Å²) in [6.45, 7) is 5.65. The van der Waals surface area contributed by atoms with Gasteiger partial charge in [-0.2, -0.15) is 0 Å². The Hall–Kier alpha value is -3.97. The van der Waals surface area contributed by atoms with Crippen LogP contribution in [0.4, 0.5) is 20.3 Å². The first-order chi connectivity index (χ1) is 18.0. The van der Waals surface area contributed by atoms with Gasteiger partial charge < -0.3 is 23.9 Å². The molecule has 4 aromatic rings. The summed E-state index contributed by atoms with van der Waals surface area (Å²) in [6, 6.07) is 9.28. The molecule has 2 aliphatic rings. The molecule has 0 bridgehead atoms. The summed E-state index contributed by atoms with van der Waals surface area (Å²) in [5.41, 5.74) is 2.83. The number of benzene rings is 1. The zero-order valence-electron chi connectivity index (χ0n) is 20.4. The van der Waals surface area contributed by atoms with Gasteiger partial charge in [-0.15, -0.1) is 6.42 Å². The number of H-pyrrole nitrogens is 1. The Kier molecular flexibility index (Phi) is 7.06. The maximum Gasteiger partial charge on any atom is 0.297 e. The minimum Gasteiger partial charge on any atom is -0.450 e. The van der Waals surface area contributed by atoms with E-state index >= 15 is 0 Å². The molecule has 1 N–H and O–H groups in total. The molecule has 10 heteroatoms. The van der Waals surface area contributed by atoms with E-state index < -0.39 is 12.2 Å². The van der Waals surface area contributed by atoms with E-state index in [-0.39, 0.29) is 11.6 Å². The SMILES string of the molecule is C#Cc1c[nH]c(=O)c(N2CCOCC2C)c1.FC(F)c1nc(N2CCCC2)c2oc3ccccc3c2n1. The third kappa shape index (κ3) is 5.00. The number of fused-ring (bicyclic) bond motifs is 3. The van der Waals surface area contributed by atoms with E-state index in [1.165, 1.54) is 0 Å². The van der Waals surface area contributed by atoms with Crippen molar-refractivity contribution in [3.05, 3.63) is 58.3 Å². The molecule has 2 saturated heterocycles. The van der Waals surface area contributed by atoms with Crippen LogP contribution in [0.1, 0.15) is 37.6 Å². The van der Waals surface area contributed by atoms with Crippen molar-refractivity contribution < 1.29 is 17.9 Å². The first-order valence-corrected chi connectivity index (χ1v) is 12.2. The second kappa shape index (κ2) is 10.6. The highest BCUT2D eigenvalue weighted by Gasteiger charge is 2.25. The van der Waals surface area contributed by atoms with Crippen LogP contribution in [0.15, 0.2) is 45.7 Å². The number of halogens is 2. The molecular weight excluding hydrogens is 480 g/mol. The number of anilines is 2. The van der Waals surface area contributed by atoms with Gasteiger partial charge in [0.05, 0.1) is 13.2 Å². The first-order valence-electron chi connectivity index (χ1n) is 12.2. The van der Waals surface area contributed by atoms with Crippen molar-refractivity contribution in [2.45, 2.75) is 32.2 Å². The number of pyridine rings is 1. The van der Waals surface area contributed by atoms with Crippen LogP contribution < -0.4 is 15.4 Å². The van der Waals surface area contributed by atoms with E-state index in [2.05, 4.69) is 20.9 Å². The van der Waals surface area contributed by atoms with Gasteiger partial charge in [0.25, 0.3) is 12.0 Å². The zero-order chi connectivity index (χ0) is 25.9. The molecule has 1 unspecified atom stereocenters. The molecular formula is C27H27F2N5O3. The summed E-state index contributed by atoms with van der Waals surface area (Å²) in [6.07, 6.45) is 6.25. The second-order valence-electron chi connectivity index (χ2n) is 9.04. The van der Waals surface area contributed by atoms with Crippen LogP contribution in [-0.2, 0) is 4.74 Å². The Bertz CT molecular complexity index is 1500. The lowest BCUT2D eigenvalue weighted by molar-refractivity contribution is 0.0988. The monoisotopic (exact) mass is 507 g/mol. The molecule has 0 amide bonds. The highest BCUT2D eigenvalue weighted by molar-refractivity contribution is 6.05. The average molecular weight is 508 g/mol. The quantitative estimate of drug-likeness (QED) is 0.409. The van der Waals surface area contributed by atoms with Crippen molar-refractivity contribution in [1.82, 2.24) is 15.0 Å². The maximum atomic E-state index is 13.1. The number of morpholine rings is 1. The van der Waals surface area contributed by atoms with Crippen molar-refractivity contribution in [3.63, 3.8) is 0 Å². The molecule has 3 aromatic heterocycles. The number of rotatable bonds is 3. The number of hydrogen-bond donors (Lipinski definition) is 1. The number of aromatic nitrogens is 3. The Morgan fingerprint density at radius 2 is 1.97 bits per heavy atom. The Labute approximate surface area is 212 Å². The van der Waals surface area contributed by atoms with Crippen molar-refractivity contribution in [2.24, 2.45) is 0 Å². The molecule has 0 saturated carbocycles. The van der Waals surface area contributed by atoms with E-state index in [1.807, 2.05) is 41.0 Å². The van der Waals surface area contributed by atoms with E-state index in [0.29, 0.717) is 47.0 Å². The largest absolute Gasteiger partial charge is 0.450 e. The number of aromatic amines is 1. The number of furan rings is 1. The topological polar surface area (TPSA) is 87.5 Å². The lowest BCUT2D eigenvalue weighted by atomic mass is 10.2. The van der Waals surface area contributed by atoms with Crippen LogP contribution in [0.3, 0.4) is 0 Å². The fourth-order valence-electron chi connectivity index (χ4n) is 4.69. The van der Waals surface area contributed by atoms with Crippen LogP contribution in [0, 0.1) is 12.3 Å². The summed E-state index contributed by atoms with van der Waals surface area (Å²) in [7, 11) is 0.